The monoisotopic (exact) mass is 245 g/mol. The minimum atomic E-state index is -0.630. The van der Waals surface area contributed by atoms with Gasteiger partial charge in [0.15, 0.2) is 6.23 Å². The molecule has 0 aliphatic carbocycles. The molecular weight excluding hydrogens is 230 g/mol. The normalized spacial score (nSPS) is 18.1. The summed E-state index contributed by atoms with van der Waals surface area (Å²) < 4.78 is 5.02. The minimum absolute atomic E-state index is 0.630. The van der Waals surface area contributed by atoms with Gasteiger partial charge in [-0.1, -0.05) is 0 Å². The van der Waals surface area contributed by atoms with Gasteiger partial charge in [-0.05, 0) is 31.0 Å². The Hall–Kier alpha value is -2.01. The fourth-order valence-electron chi connectivity index (χ4n) is 2.15. The lowest BCUT2D eigenvalue weighted by Crippen LogP contribution is -2.31. The molecule has 3 heterocycles. The number of aliphatic hydroxyl groups excluding tert-OH is 1. The summed E-state index contributed by atoms with van der Waals surface area (Å²) in [6.45, 7) is 2.66. The summed E-state index contributed by atoms with van der Waals surface area (Å²) in [6, 6.07) is 3.86. The summed E-state index contributed by atoms with van der Waals surface area (Å²) in [4.78, 5) is 9.25. The number of aliphatic hydroxyl groups is 1. The van der Waals surface area contributed by atoms with Crippen molar-refractivity contribution in [2.75, 3.05) is 6.54 Å². The highest BCUT2D eigenvalue weighted by atomic mass is 16.3. The Morgan fingerprint density at radius 2 is 2.44 bits per heavy atom. The molecule has 1 aliphatic heterocycles. The van der Waals surface area contributed by atoms with Crippen molar-refractivity contribution in [1.82, 2.24) is 9.88 Å². The first-order valence-corrected chi connectivity index (χ1v) is 5.92. The summed E-state index contributed by atoms with van der Waals surface area (Å²) in [5.74, 6) is 0.750. The maximum absolute atomic E-state index is 10.3. The number of hydrogen-bond donors (Lipinski definition) is 2. The van der Waals surface area contributed by atoms with Crippen LogP contribution < -0.4 is 0 Å². The molecule has 94 valence electrons. The number of aliphatic imine (C=N–C) groups is 1. The van der Waals surface area contributed by atoms with Gasteiger partial charge in [-0.15, -0.1) is 0 Å². The van der Waals surface area contributed by atoms with Gasteiger partial charge in [-0.2, -0.15) is 0 Å². The van der Waals surface area contributed by atoms with E-state index in [4.69, 9.17) is 4.42 Å². The highest BCUT2D eigenvalue weighted by Crippen LogP contribution is 2.31. The van der Waals surface area contributed by atoms with Crippen LogP contribution >= 0.6 is 0 Å². The molecule has 0 saturated carbocycles. The third-order valence-electron chi connectivity index (χ3n) is 3.13. The smallest absolute Gasteiger partial charge is 0.157 e. The lowest BCUT2D eigenvalue weighted by Gasteiger charge is -2.28. The molecule has 5 nitrogen and oxygen atoms in total. The first-order valence-electron chi connectivity index (χ1n) is 5.92. The predicted octanol–water partition coefficient (Wildman–Crippen LogP) is 2.13. The van der Waals surface area contributed by atoms with Crippen LogP contribution in [0, 0.1) is 6.92 Å². The van der Waals surface area contributed by atoms with Crippen molar-refractivity contribution in [3.05, 3.63) is 41.5 Å². The molecule has 0 bridgehead atoms. The number of furan rings is 1. The molecular formula is C13H15N3O2. The van der Waals surface area contributed by atoms with Crippen LogP contribution in [-0.2, 0) is 6.42 Å². The van der Waals surface area contributed by atoms with Gasteiger partial charge in [-0.3, -0.25) is 0 Å². The summed E-state index contributed by atoms with van der Waals surface area (Å²) in [7, 11) is 0. The van der Waals surface area contributed by atoms with Crippen molar-refractivity contribution in [2.24, 2.45) is 4.99 Å². The number of hydrogen-bond acceptors (Lipinski definition) is 4. The summed E-state index contributed by atoms with van der Waals surface area (Å²) >= 11 is 0. The Morgan fingerprint density at radius 1 is 1.56 bits per heavy atom. The molecule has 1 unspecified atom stereocenters. The molecule has 0 aromatic carbocycles. The van der Waals surface area contributed by atoms with Gasteiger partial charge in [-0.25, -0.2) is 4.99 Å². The zero-order valence-corrected chi connectivity index (χ0v) is 10.1. The van der Waals surface area contributed by atoms with E-state index >= 15 is 0 Å². The van der Waals surface area contributed by atoms with Gasteiger partial charge in [0.05, 0.1) is 18.9 Å². The van der Waals surface area contributed by atoms with Gasteiger partial charge < -0.3 is 19.4 Å². The van der Waals surface area contributed by atoms with E-state index in [1.165, 1.54) is 0 Å². The van der Waals surface area contributed by atoms with Gasteiger partial charge in [0.1, 0.15) is 5.82 Å². The molecule has 0 spiro atoms. The van der Waals surface area contributed by atoms with Crippen LogP contribution in [0.2, 0.25) is 0 Å². The van der Waals surface area contributed by atoms with Gasteiger partial charge >= 0.3 is 0 Å². The van der Waals surface area contributed by atoms with Crippen LogP contribution in [0.25, 0.3) is 0 Å². The fraction of sp³-hybridized carbons (Fsp3) is 0.308. The third kappa shape index (κ3) is 1.93. The Morgan fingerprint density at radius 3 is 3.22 bits per heavy atom. The molecule has 2 N–H and O–H groups in total. The number of nitrogens with zero attached hydrogens (tertiary/aromatic N) is 2. The van der Waals surface area contributed by atoms with Crippen LogP contribution in [0.15, 0.2) is 34.1 Å². The van der Waals surface area contributed by atoms with Crippen molar-refractivity contribution >= 4 is 12.2 Å². The van der Waals surface area contributed by atoms with Crippen LogP contribution in [0.5, 0.6) is 0 Å². The molecule has 18 heavy (non-hydrogen) atoms. The topological polar surface area (TPSA) is 64.8 Å². The summed E-state index contributed by atoms with van der Waals surface area (Å²) in [5.41, 5.74) is 2.96. The van der Waals surface area contributed by atoms with E-state index in [1.54, 1.807) is 18.9 Å². The SMILES string of the molecule is Cc1cc2c([nH]1)N=CN(CCc1ccoc1)C2O. The second kappa shape index (κ2) is 4.34. The highest BCUT2D eigenvalue weighted by molar-refractivity contribution is 5.66. The average Bonchev–Trinajstić information content (AvgIpc) is 2.97. The Labute approximate surface area is 105 Å². The van der Waals surface area contributed by atoms with Crippen molar-refractivity contribution in [1.29, 1.82) is 0 Å². The third-order valence-corrected chi connectivity index (χ3v) is 3.13. The van der Waals surface area contributed by atoms with E-state index in [0.29, 0.717) is 6.54 Å². The van der Waals surface area contributed by atoms with Crippen LogP contribution in [0.1, 0.15) is 23.0 Å². The quantitative estimate of drug-likeness (QED) is 0.870. The molecule has 1 atom stereocenters. The minimum Gasteiger partial charge on any atom is -0.472 e. The molecule has 0 amide bonds. The standard InChI is InChI=1S/C13H15N3O2/c1-9-6-11-12(15-9)14-8-16(13(11)17)4-2-10-3-5-18-7-10/h3,5-8,13,15,17H,2,4H2,1H3. The molecule has 0 radical (unpaired) electrons. The van der Waals surface area contributed by atoms with Crippen molar-refractivity contribution < 1.29 is 9.52 Å². The molecule has 2 aromatic rings. The van der Waals surface area contributed by atoms with Crippen molar-refractivity contribution in [3.63, 3.8) is 0 Å². The Bertz CT molecular complexity index is 557. The number of rotatable bonds is 3. The van der Waals surface area contributed by atoms with E-state index in [1.807, 2.05) is 24.0 Å². The summed E-state index contributed by atoms with van der Waals surface area (Å²) in [5, 5.41) is 10.3. The molecule has 1 aliphatic rings. The zero-order chi connectivity index (χ0) is 12.5. The molecule has 5 heteroatoms. The van der Waals surface area contributed by atoms with E-state index in [-0.39, 0.29) is 0 Å². The van der Waals surface area contributed by atoms with Gasteiger partial charge in [0.25, 0.3) is 0 Å². The molecule has 3 rings (SSSR count). The van der Waals surface area contributed by atoms with Crippen LogP contribution in [0.4, 0.5) is 5.82 Å². The number of H-pyrrole nitrogens is 1. The van der Waals surface area contributed by atoms with Crippen LogP contribution in [0.3, 0.4) is 0 Å². The maximum atomic E-state index is 10.3. The van der Waals surface area contributed by atoms with E-state index in [2.05, 4.69) is 9.98 Å². The largest absolute Gasteiger partial charge is 0.472 e. The lowest BCUT2D eigenvalue weighted by atomic mass is 10.2. The predicted molar refractivity (Wildman–Crippen MR) is 67.8 cm³/mol. The van der Waals surface area contributed by atoms with E-state index < -0.39 is 6.23 Å². The van der Waals surface area contributed by atoms with Gasteiger partial charge in [0, 0.05) is 17.8 Å². The Kier molecular flexibility index (Phi) is 2.68. The first-order chi connectivity index (χ1) is 8.74. The number of aromatic amines is 1. The molecule has 2 aromatic heterocycles. The number of aryl methyl sites for hydroxylation is 1. The summed E-state index contributed by atoms with van der Waals surface area (Å²) in [6.07, 6.45) is 5.25. The maximum Gasteiger partial charge on any atom is 0.157 e. The van der Waals surface area contributed by atoms with E-state index in [0.717, 1.165) is 29.1 Å². The second-order valence-corrected chi connectivity index (χ2v) is 4.49. The zero-order valence-electron chi connectivity index (χ0n) is 10.1. The van der Waals surface area contributed by atoms with Crippen molar-refractivity contribution in [2.45, 2.75) is 19.6 Å². The van der Waals surface area contributed by atoms with Crippen LogP contribution in [-0.4, -0.2) is 27.9 Å². The average molecular weight is 245 g/mol. The number of fused-ring (bicyclic) bond motifs is 1. The molecule has 0 saturated heterocycles. The van der Waals surface area contributed by atoms with E-state index in [9.17, 15) is 5.11 Å². The highest BCUT2D eigenvalue weighted by Gasteiger charge is 2.23. The fourth-order valence-corrected chi connectivity index (χ4v) is 2.15. The number of aromatic nitrogens is 1. The van der Waals surface area contributed by atoms with Gasteiger partial charge in [0.2, 0.25) is 0 Å². The Balaban J connectivity index is 1.72. The van der Waals surface area contributed by atoms with Crippen molar-refractivity contribution in [3.8, 4) is 0 Å². The first kappa shape index (κ1) is 11.1. The second-order valence-electron chi connectivity index (χ2n) is 4.49. The molecule has 0 fully saturated rings. The lowest BCUT2D eigenvalue weighted by molar-refractivity contribution is 0.0551. The number of nitrogens with one attached hydrogen (secondary N) is 1.